The number of alkyl halides is 1. The Morgan fingerprint density at radius 3 is 2.36 bits per heavy atom. The summed E-state index contributed by atoms with van der Waals surface area (Å²) in [5, 5.41) is 0. The largest absolute Gasteiger partial charge is 0.126 e. The van der Waals surface area contributed by atoms with Crippen LogP contribution in [0.5, 0.6) is 0 Å². The van der Waals surface area contributed by atoms with Crippen LogP contribution in [-0.4, -0.2) is 5.88 Å². The van der Waals surface area contributed by atoms with Gasteiger partial charge in [-0.3, -0.25) is 0 Å². The molecule has 0 radical (unpaired) electrons. The van der Waals surface area contributed by atoms with Crippen LogP contribution < -0.4 is 0 Å². The van der Waals surface area contributed by atoms with Gasteiger partial charge in [0.1, 0.15) is 0 Å². The number of unbranched alkanes of at least 4 members (excludes halogenated alkanes) is 1. The molecule has 0 unspecified atom stereocenters. The fourth-order valence-corrected chi connectivity index (χ4v) is 1.07. The van der Waals surface area contributed by atoms with Gasteiger partial charge in [0, 0.05) is 5.88 Å². The minimum Gasteiger partial charge on any atom is -0.126 e. The summed E-state index contributed by atoms with van der Waals surface area (Å²) < 4.78 is 0. The minimum atomic E-state index is 0.751. The Labute approximate surface area is 75.6 Å². The van der Waals surface area contributed by atoms with Crippen LogP contribution in [-0.2, 0) is 0 Å². The molecule has 11 heavy (non-hydrogen) atoms. The molecule has 0 rings (SSSR count). The quantitative estimate of drug-likeness (QED) is 0.325. The molecule has 0 nitrogen and oxygen atoms in total. The monoisotopic (exact) mass is 174 g/mol. The molecule has 66 valence electrons. The lowest BCUT2D eigenvalue weighted by molar-refractivity contribution is 0.559. The average molecular weight is 175 g/mol. The summed E-state index contributed by atoms with van der Waals surface area (Å²) in [7, 11) is 0. The molecule has 1 heteroatoms. The minimum absolute atomic E-state index is 0.751. The van der Waals surface area contributed by atoms with Crippen molar-refractivity contribution < 1.29 is 0 Å². The molecule has 0 aliphatic carbocycles. The van der Waals surface area contributed by atoms with Crippen LogP contribution in [0.3, 0.4) is 0 Å². The van der Waals surface area contributed by atoms with Gasteiger partial charge in [0.15, 0.2) is 0 Å². The third-order valence-electron chi connectivity index (χ3n) is 1.59. The first kappa shape index (κ1) is 11.0. The van der Waals surface area contributed by atoms with Crippen molar-refractivity contribution in [2.45, 2.75) is 39.5 Å². The van der Waals surface area contributed by atoms with Gasteiger partial charge < -0.3 is 0 Å². The highest BCUT2D eigenvalue weighted by molar-refractivity contribution is 6.17. The molecule has 0 aromatic carbocycles. The van der Waals surface area contributed by atoms with Gasteiger partial charge in [-0.05, 0) is 25.2 Å². The molecule has 0 aliphatic heterocycles. The van der Waals surface area contributed by atoms with Gasteiger partial charge in [-0.2, -0.15) is 0 Å². The predicted molar refractivity (Wildman–Crippen MR) is 53.2 cm³/mol. The molecule has 0 aromatic heterocycles. The number of halogens is 1. The summed E-state index contributed by atoms with van der Waals surface area (Å²) in [6.45, 7) is 4.53. The summed E-state index contributed by atoms with van der Waals surface area (Å²) >= 11 is 5.51. The maximum absolute atomic E-state index is 5.51. The zero-order valence-corrected chi connectivity index (χ0v) is 8.40. The molecule has 0 aromatic rings. The van der Waals surface area contributed by atoms with Crippen molar-refractivity contribution in [3.8, 4) is 0 Å². The van der Waals surface area contributed by atoms with Crippen LogP contribution in [0.15, 0.2) is 12.2 Å². The van der Waals surface area contributed by atoms with E-state index in [0.29, 0.717) is 0 Å². The fourth-order valence-electron chi connectivity index (χ4n) is 0.943. The van der Waals surface area contributed by atoms with E-state index in [2.05, 4.69) is 26.0 Å². The molecular weight excluding hydrogens is 156 g/mol. The summed E-state index contributed by atoms with van der Waals surface area (Å²) in [4.78, 5) is 0. The van der Waals surface area contributed by atoms with Crippen molar-refractivity contribution in [3.05, 3.63) is 12.2 Å². The molecule has 0 atom stereocenters. The Bertz CT molecular complexity index is 95.0. The first-order valence-electron chi connectivity index (χ1n) is 4.48. The second-order valence-electron chi connectivity index (χ2n) is 3.27. The SMILES string of the molecule is CC(C)CCC/C=C/CCCl. The van der Waals surface area contributed by atoms with E-state index in [4.69, 9.17) is 11.6 Å². The van der Waals surface area contributed by atoms with E-state index in [9.17, 15) is 0 Å². The zero-order chi connectivity index (χ0) is 8.53. The third kappa shape index (κ3) is 10.0. The Kier molecular flexibility index (Phi) is 8.15. The van der Waals surface area contributed by atoms with Crippen LogP contribution in [0.2, 0.25) is 0 Å². The molecule has 0 amide bonds. The van der Waals surface area contributed by atoms with Gasteiger partial charge >= 0.3 is 0 Å². The van der Waals surface area contributed by atoms with Gasteiger partial charge in [0.25, 0.3) is 0 Å². The molecular formula is C10H19Cl. The van der Waals surface area contributed by atoms with Crippen molar-refractivity contribution in [3.63, 3.8) is 0 Å². The third-order valence-corrected chi connectivity index (χ3v) is 1.81. The molecule has 0 saturated carbocycles. The van der Waals surface area contributed by atoms with E-state index in [1.165, 1.54) is 19.3 Å². The normalized spacial score (nSPS) is 11.6. The van der Waals surface area contributed by atoms with Crippen LogP contribution in [0.1, 0.15) is 39.5 Å². The molecule has 0 N–H and O–H groups in total. The van der Waals surface area contributed by atoms with Crippen LogP contribution >= 0.6 is 11.6 Å². The summed E-state index contributed by atoms with van der Waals surface area (Å²) in [5.41, 5.74) is 0. The topological polar surface area (TPSA) is 0 Å². The van der Waals surface area contributed by atoms with Crippen molar-refractivity contribution in [1.82, 2.24) is 0 Å². The van der Waals surface area contributed by atoms with Gasteiger partial charge in [-0.1, -0.05) is 32.4 Å². The van der Waals surface area contributed by atoms with Crippen LogP contribution in [0.4, 0.5) is 0 Å². The second kappa shape index (κ2) is 8.13. The molecule has 0 aliphatic rings. The molecule has 0 bridgehead atoms. The van der Waals surface area contributed by atoms with Crippen molar-refractivity contribution in [2.75, 3.05) is 5.88 Å². The van der Waals surface area contributed by atoms with Crippen LogP contribution in [0, 0.1) is 5.92 Å². The number of hydrogen-bond acceptors (Lipinski definition) is 0. The van der Waals surface area contributed by atoms with Crippen molar-refractivity contribution in [1.29, 1.82) is 0 Å². The fraction of sp³-hybridized carbons (Fsp3) is 0.800. The number of rotatable bonds is 6. The standard InChI is InChI=1S/C10H19Cl/c1-10(2)8-6-4-3-5-7-9-11/h3,5,10H,4,6-9H2,1-2H3/b5-3+. The van der Waals surface area contributed by atoms with E-state index in [-0.39, 0.29) is 0 Å². The summed E-state index contributed by atoms with van der Waals surface area (Å²) in [6, 6.07) is 0. The Morgan fingerprint density at radius 2 is 1.82 bits per heavy atom. The van der Waals surface area contributed by atoms with Crippen molar-refractivity contribution in [2.24, 2.45) is 5.92 Å². The highest BCUT2D eigenvalue weighted by Crippen LogP contribution is 2.06. The Hall–Kier alpha value is 0.0300. The van der Waals surface area contributed by atoms with Gasteiger partial charge in [-0.25, -0.2) is 0 Å². The van der Waals surface area contributed by atoms with Crippen LogP contribution in [0.25, 0.3) is 0 Å². The van der Waals surface area contributed by atoms with Gasteiger partial charge in [-0.15, -0.1) is 11.6 Å². The Balaban J connectivity index is 3.01. The maximum atomic E-state index is 5.51. The Morgan fingerprint density at radius 1 is 1.18 bits per heavy atom. The van der Waals surface area contributed by atoms with Gasteiger partial charge in [0.05, 0.1) is 0 Å². The van der Waals surface area contributed by atoms with E-state index < -0.39 is 0 Å². The van der Waals surface area contributed by atoms with Crippen molar-refractivity contribution >= 4 is 11.6 Å². The smallest absolute Gasteiger partial charge is 0.0257 e. The highest BCUT2D eigenvalue weighted by atomic mass is 35.5. The van der Waals surface area contributed by atoms with E-state index in [0.717, 1.165) is 18.2 Å². The lowest BCUT2D eigenvalue weighted by Crippen LogP contribution is -1.84. The van der Waals surface area contributed by atoms with E-state index in [1.54, 1.807) is 0 Å². The number of allylic oxidation sites excluding steroid dienone is 2. The van der Waals surface area contributed by atoms with Gasteiger partial charge in [0.2, 0.25) is 0 Å². The first-order chi connectivity index (χ1) is 5.27. The zero-order valence-electron chi connectivity index (χ0n) is 7.65. The average Bonchev–Trinajstić information content (AvgIpc) is 1.96. The van der Waals surface area contributed by atoms with E-state index >= 15 is 0 Å². The predicted octanol–water partition coefficient (Wildman–Crippen LogP) is 4.00. The molecule has 0 fully saturated rings. The van der Waals surface area contributed by atoms with E-state index in [1.807, 2.05) is 0 Å². The molecule has 0 saturated heterocycles. The molecule has 0 spiro atoms. The first-order valence-corrected chi connectivity index (χ1v) is 5.01. The maximum Gasteiger partial charge on any atom is 0.0257 e. The lowest BCUT2D eigenvalue weighted by atomic mass is 10.1. The summed E-state index contributed by atoms with van der Waals surface area (Å²) in [6.07, 6.45) is 9.30. The second-order valence-corrected chi connectivity index (χ2v) is 3.65. The highest BCUT2D eigenvalue weighted by Gasteiger charge is 1.90. The summed E-state index contributed by atoms with van der Waals surface area (Å²) in [5.74, 6) is 1.59. The molecule has 0 heterocycles. The number of hydrogen-bond donors (Lipinski definition) is 0. The lowest BCUT2D eigenvalue weighted by Gasteiger charge is -2.00.